The third-order valence-electron chi connectivity index (χ3n) is 3.67. The van der Waals surface area contributed by atoms with Crippen LogP contribution in [0.15, 0.2) is 65.3 Å². The number of ether oxygens (including phenoxy) is 1. The van der Waals surface area contributed by atoms with Crippen molar-refractivity contribution in [3.8, 4) is 22.9 Å². The fourth-order valence-electron chi connectivity index (χ4n) is 2.51. The highest BCUT2D eigenvalue weighted by atomic mass is 35.5. The third kappa shape index (κ3) is 2.47. The van der Waals surface area contributed by atoms with Crippen LogP contribution in [0, 0.1) is 0 Å². The maximum absolute atomic E-state index is 6.17. The zero-order chi connectivity index (χ0) is 15.8. The summed E-state index contributed by atoms with van der Waals surface area (Å²) in [7, 11) is 1.59. The van der Waals surface area contributed by atoms with Crippen LogP contribution in [0.5, 0.6) is 5.75 Å². The van der Waals surface area contributed by atoms with Crippen LogP contribution in [0.4, 0.5) is 0 Å². The number of hydrogen-bond acceptors (Lipinski definition) is 3. The van der Waals surface area contributed by atoms with Crippen LogP contribution in [0.1, 0.15) is 0 Å². The molecule has 0 aliphatic heterocycles. The standard InChI is InChI=1S/C18H13ClN2O2/c1-22-16-6-4-12(10-14(16)19)18-20-15-11-13(5-7-17(15)23-18)21-8-2-3-9-21/h2-11H,1H3. The van der Waals surface area contributed by atoms with E-state index in [0.29, 0.717) is 16.7 Å². The van der Waals surface area contributed by atoms with E-state index in [4.69, 9.17) is 20.8 Å². The molecule has 5 heteroatoms. The van der Waals surface area contributed by atoms with E-state index in [9.17, 15) is 0 Å². The van der Waals surface area contributed by atoms with Gasteiger partial charge >= 0.3 is 0 Å². The summed E-state index contributed by atoms with van der Waals surface area (Å²) in [5.74, 6) is 1.16. The lowest BCUT2D eigenvalue weighted by Crippen LogP contribution is -1.88. The maximum atomic E-state index is 6.17. The van der Waals surface area contributed by atoms with Gasteiger partial charge in [-0.3, -0.25) is 0 Å². The molecule has 23 heavy (non-hydrogen) atoms. The molecular formula is C18H13ClN2O2. The molecule has 2 heterocycles. The van der Waals surface area contributed by atoms with Gasteiger partial charge in [0.25, 0.3) is 0 Å². The van der Waals surface area contributed by atoms with Crippen LogP contribution in [0.25, 0.3) is 28.2 Å². The number of rotatable bonds is 3. The molecule has 0 bridgehead atoms. The van der Waals surface area contributed by atoms with Gasteiger partial charge in [-0.2, -0.15) is 0 Å². The minimum absolute atomic E-state index is 0.528. The first-order valence-corrected chi connectivity index (χ1v) is 7.50. The van der Waals surface area contributed by atoms with Gasteiger partial charge in [-0.05, 0) is 48.5 Å². The van der Waals surface area contributed by atoms with E-state index >= 15 is 0 Å². The topological polar surface area (TPSA) is 40.2 Å². The summed E-state index contributed by atoms with van der Waals surface area (Å²) in [6.45, 7) is 0. The second kappa shape index (κ2) is 5.48. The number of oxazole rings is 1. The summed E-state index contributed by atoms with van der Waals surface area (Å²) in [5.41, 5.74) is 3.39. The lowest BCUT2D eigenvalue weighted by molar-refractivity contribution is 0.415. The van der Waals surface area contributed by atoms with Crippen molar-refractivity contribution in [3.05, 3.63) is 65.9 Å². The highest BCUT2D eigenvalue weighted by molar-refractivity contribution is 6.32. The van der Waals surface area contributed by atoms with Gasteiger partial charge in [0.2, 0.25) is 5.89 Å². The molecule has 4 rings (SSSR count). The van der Waals surface area contributed by atoms with Crippen molar-refractivity contribution in [2.24, 2.45) is 0 Å². The van der Waals surface area contributed by atoms with E-state index in [1.165, 1.54) is 0 Å². The first-order valence-electron chi connectivity index (χ1n) is 7.12. The van der Waals surface area contributed by atoms with E-state index in [1.54, 1.807) is 19.2 Å². The van der Waals surface area contributed by atoms with Crippen molar-refractivity contribution < 1.29 is 9.15 Å². The number of halogens is 1. The Morgan fingerprint density at radius 3 is 2.65 bits per heavy atom. The summed E-state index contributed by atoms with van der Waals surface area (Å²) < 4.78 is 13.0. The lowest BCUT2D eigenvalue weighted by atomic mass is 10.2. The highest BCUT2D eigenvalue weighted by Crippen LogP contribution is 2.31. The molecule has 0 amide bonds. The average Bonchev–Trinajstić information content (AvgIpc) is 3.23. The van der Waals surface area contributed by atoms with Crippen molar-refractivity contribution in [1.29, 1.82) is 0 Å². The molecule has 2 aromatic heterocycles. The van der Waals surface area contributed by atoms with E-state index in [0.717, 1.165) is 22.4 Å². The molecule has 0 aliphatic carbocycles. The van der Waals surface area contributed by atoms with Gasteiger partial charge in [0.1, 0.15) is 11.3 Å². The molecule has 0 fully saturated rings. The number of hydrogen-bond donors (Lipinski definition) is 0. The molecule has 2 aromatic carbocycles. The molecule has 0 atom stereocenters. The van der Waals surface area contributed by atoms with Gasteiger partial charge in [0.15, 0.2) is 5.58 Å². The maximum Gasteiger partial charge on any atom is 0.227 e. The summed E-state index contributed by atoms with van der Waals surface area (Å²) in [6, 6.07) is 15.4. The Morgan fingerprint density at radius 2 is 1.91 bits per heavy atom. The molecule has 0 N–H and O–H groups in total. The molecule has 0 unspecified atom stereocenters. The Kier molecular flexibility index (Phi) is 3.32. The molecule has 114 valence electrons. The van der Waals surface area contributed by atoms with Crippen LogP contribution in [0.3, 0.4) is 0 Å². The van der Waals surface area contributed by atoms with Crippen molar-refractivity contribution in [1.82, 2.24) is 9.55 Å². The second-order valence-corrected chi connectivity index (χ2v) is 5.52. The highest BCUT2D eigenvalue weighted by Gasteiger charge is 2.11. The number of methoxy groups -OCH3 is 1. The zero-order valence-electron chi connectivity index (χ0n) is 12.4. The molecule has 4 nitrogen and oxygen atoms in total. The van der Waals surface area contributed by atoms with Gasteiger partial charge in [0, 0.05) is 23.6 Å². The molecule has 0 saturated carbocycles. The second-order valence-electron chi connectivity index (χ2n) is 5.11. The lowest BCUT2D eigenvalue weighted by Gasteiger charge is -2.03. The van der Waals surface area contributed by atoms with Crippen LogP contribution in [-0.2, 0) is 0 Å². The van der Waals surface area contributed by atoms with Crippen molar-refractivity contribution in [3.63, 3.8) is 0 Å². The molecule has 0 radical (unpaired) electrons. The van der Waals surface area contributed by atoms with E-state index in [-0.39, 0.29) is 0 Å². The number of aromatic nitrogens is 2. The van der Waals surface area contributed by atoms with E-state index < -0.39 is 0 Å². The predicted molar refractivity (Wildman–Crippen MR) is 90.3 cm³/mol. The first-order chi connectivity index (χ1) is 11.2. The fourth-order valence-corrected chi connectivity index (χ4v) is 2.76. The smallest absolute Gasteiger partial charge is 0.227 e. The summed E-state index contributed by atoms with van der Waals surface area (Å²) in [6.07, 6.45) is 3.98. The Hall–Kier alpha value is -2.72. The SMILES string of the molecule is COc1ccc(-c2nc3cc(-n4cccc4)ccc3o2)cc1Cl. The molecule has 4 aromatic rings. The molecule has 0 aliphatic rings. The van der Waals surface area contributed by atoms with E-state index in [1.807, 2.05) is 53.4 Å². The van der Waals surface area contributed by atoms with Crippen LogP contribution < -0.4 is 4.74 Å². The Bertz CT molecular complexity index is 974. The Balaban J connectivity index is 1.78. The van der Waals surface area contributed by atoms with Gasteiger partial charge < -0.3 is 13.7 Å². The normalized spacial score (nSPS) is 11.0. The van der Waals surface area contributed by atoms with Gasteiger partial charge in [-0.25, -0.2) is 4.98 Å². The molecule has 0 saturated heterocycles. The fraction of sp³-hybridized carbons (Fsp3) is 0.0556. The summed E-state index contributed by atoms with van der Waals surface area (Å²) in [5, 5.41) is 0.528. The Labute approximate surface area is 137 Å². The quantitative estimate of drug-likeness (QED) is 0.535. The minimum Gasteiger partial charge on any atom is -0.495 e. The van der Waals surface area contributed by atoms with Crippen LogP contribution >= 0.6 is 11.6 Å². The zero-order valence-corrected chi connectivity index (χ0v) is 13.1. The third-order valence-corrected chi connectivity index (χ3v) is 3.97. The van der Waals surface area contributed by atoms with E-state index in [2.05, 4.69) is 4.98 Å². The van der Waals surface area contributed by atoms with Gasteiger partial charge in [0.05, 0.1) is 12.1 Å². The Morgan fingerprint density at radius 1 is 1.09 bits per heavy atom. The minimum atomic E-state index is 0.528. The average molecular weight is 325 g/mol. The van der Waals surface area contributed by atoms with Crippen molar-refractivity contribution in [2.75, 3.05) is 7.11 Å². The van der Waals surface area contributed by atoms with Crippen LogP contribution in [0.2, 0.25) is 5.02 Å². The van der Waals surface area contributed by atoms with Crippen molar-refractivity contribution >= 4 is 22.7 Å². The first kappa shape index (κ1) is 13.9. The van der Waals surface area contributed by atoms with Crippen molar-refractivity contribution in [2.45, 2.75) is 0 Å². The number of fused-ring (bicyclic) bond motifs is 1. The number of benzene rings is 2. The van der Waals surface area contributed by atoms with Crippen LogP contribution in [-0.4, -0.2) is 16.7 Å². The van der Waals surface area contributed by atoms with Gasteiger partial charge in [-0.1, -0.05) is 11.6 Å². The molecular weight excluding hydrogens is 312 g/mol. The largest absolute Gasteiger partial charge is 0.495 e. The molecule has 0 spiro atoms. The predicted octanol–water partition coefficient (Wildman–Crippen LogP) is 4.95. The van der Waals surface area contributed by atoms with Gasteiger partial charge in [-0.15, -0.1) is 0 Å². The number of nitrogens with zero attached hydrogens (tertiary/aromatic N) is 2. The summed E-state index contributed by atoms with van der Waals surface area (Å²) in [4.78, 5) is 4.57. The summed E-state index contributed by atoms with van der Waals surface area (Å²) >= 11 is 6.17. The monoisotopic (exact) mass is 324 g/mol.